The van der Waals surface area contributed by atoms with Gasteiger partial charge in [0.1, 0.15) is 5.75 Å². The number of nitrogens with one attached hydrogen (secondary N) is 1. The first-order valence-electron chi connectivity index (χ1n) is 5.67. The van der Waals surface area contributed by atoms with Crippen molar-refractivity contribution in [2.45, 2.75) is 25.0 Å². The summed E-state index contributed by atoms with van der Waals surface area (Å²) in [4.78, 5) is 0. The molecule has 1 heterocycles. The summed E-state index contributed by atoms with van der Waals surface area (Å²) in [6.07, 6.45) is 2.21. The van der Waals surface area contributed by atoms with Crippen LogP contribution in [-0.4, -0.2) is 19.8 Å². The fraction of sp³-hybridized carbons (Fsp3) is 0.500. The molecule has 0 saturated carbocycles. The van der Waals surface area contributed by atoms with Gasteiger partial charge in [-0.1, -0.05) is 17.7 Å². The maximum Gasteiger partial charge on any atom is 0.137 e. The number of rotatable bonds is 4. The van der Waals surface area contributed by atoms with E-state index in [-0.39, 0.29) is 12.1 Å². The molecular formula is C12H17ClN2O2. The van der Waals surface area contributed by atoms with Crippen LogP contribution < -0.4 is 16.0 Å². The van der Waals surface area contributed by atoms with Crippen molar-refractivity contribution in [1.29, 1.82) is 0 Å². The first-order chi connectivity index (χ1) is 8.26. The van der Waals surface area contributed by atoms with Gasteiger partial charge in [-0.15, -0.1) is 0 Å². The molecule has 0 amide bonds. The van der Waals surface area contributed by atoms with E-state index in [1.165, 1.54) is 0 Å². The molecule has 2 rings (SSSR count). The van der Waals surface area contributed by atoms with Crippen molar-refractivity contribution in [3.8, 4) is 5.75 Å². The van der Waals surface area contributed by atoms with Gasteiger partial charge in [0, 0.05) is 6.61 Å². The Morgan fingerprint density at radius 1 is 1.59 bits per heavy atom. The number of hydrazine groups is 1. The molecule has 3 N–H and O–H groups in total. The van der Waals surface area contributed by atoms with Gasteiger partial charge < -0.3 is 9.47 Å². The van der Waals surface area contributed by atoms with E-state index >= 15 is 0 Å². The van der Waals surface area contributed by atoms with Gasteiger partial charge in [-0.25, -0.2) is 0 Å². The highest BCUT2D eigenvalue weighted by molar-refractivity contribution is 6.32. The predicted molar refractivity (Wildman–Crippen MR) is 67.0 cm³/mol. The topological polar surface area (TPSA) is 56.5 Å². The van der Waals surface area contributed by atoms with Crippen LogP contribution in [-0.2, 0) is 4.74 Å². The number of hydrogen-bond acceptors (Lipinski definition) is 4. The van der Waals surface area contributed by atoms with Gasteiger partial charge in [-0.3, -0.25) is 11.3 Å². The van der Waals surface area contributed by atoms with Crippen molar-refractivity contribution in [3.63, 3.8) is 0 Å². The first-order valence-corrected chi connectivity index (χ1v) is 6.05. The monoisotopic (exact) mass is 256 g/mol. The quantitative estimate of drug-likeness (QED) is 0.639. The van der Waals surface area contributed by atoms with E-state index in [2.05, 4.69) is 5.43 Å². The summed E-state index contributed by atoms with van der Waals surface area (Å²) in [5.41, 5.74) is 3.84. The Kier molecular flexibility index (Phi) is 4.23. The molecular weight excluding hydrogens is 240 g/mol. The Balaban J connectivity index is 2.23. The van der Waals surface area contributed by atoms with E-state index in [4.69, 9.17) is 26.9 Å². The second-order valence-corrected chi connectivity index (χ2v) is 4.50. The SMILES string of the molecule is COc1cc(C(NN)C2CCCO2)ccc1Cl. The summed E-state index contributed by atoms with van der Waals surface area (Å²) >= 11 is 6.00. The van der Waals surface area contributed by atoms with Gasteiger partial charge in [-0.05, 0) is 30.5 Å². The van der Waals surface area contributed by atoms with Crippen molar-refractivity contribution in [2.75, 3.05) is 13.7 Å². The second-order valence-electron chi connectivity index (χ2n) is 4.09. The summed E-state index contributed by atoms with van der Waals surface area (Å²) in [5, 5.41) is 0.597. The van der Waals surface area contributed by atoms with Crippen LogP contribution in [0.4, 0.5) is 0 Å². The molecule has 1 aromatic rings. The third kappa shape index (κ3) is 2.72. The molecule has 1 saturated heterocycles. The zero-order valence-corrected chi connectivity index (χ0v) is 10.5. The molecule has 0 bridgehead atoms. The van der Waals surface area contributed by atoms with Gasteiger partial charge in [0.05, 0.1) is 24.3 Å². The van der Waals surface area contributed by atoms with Gasteiger partial charge >= 0.3 is 0 Å². The minimum Gasteiger partial charge on any atom is -0.495 e. The van der Waals surface area contributed by atoms with Crippen molar-refractivity contribution in [3.05, 3.63) is 28.8 Å². The maximum absolute atomic E-state index is 6.00. The lowest BCUT2D eigenvalue weighted by Crippen LogP contribution is -2.36. The molecule has 0 aliphatic carbocycles. The Labute approximate surface area is 106 Å². The van der Waals surface area contributed by atoms with E-state index in [9.17, 15) is 0 Å². The highest BCUT2D eigenvalue weighted by atomic mass is 35.5. The minimum atomic E-state index is -0.0244. The maximum atomic E-state index is 6.00. The van der Waals surface area contributed by atoms with Crippen LogP contribution in [0.15, 0.2) is 18.2 Å². The smallest absolute Gasteiger partial charge is 0.137 e. The zero-order chi connectivity index (χ0) is 12.3. The van der Waals surface area contributed by atoms with Crippen LogP contribution in [0.1, 0.15) is 24.4 Å². The van der Waals surface area contributed by atoms with E-state index < -0.39 is 0 Å². The van der Waals surface area contributed by atoms with Crippen molar-refractivity contribution < 1.29 is 9.47 Å². The molecule has 4 nitrogen and oxygen atoms in total. The molecule has 5 heteroatoms. The normalized spacial score (nSPS) is 21.5. The van der Waals surface area contributed by atoms with Crippen molar-refractivity contribution in [1.82, 2.24) is 5.43 Å². The summed E-state index contributed by atoms with van der Waals surface area (Å²) in [6.45, 7) is 0.799. The number of halogens is 1. The van der Waals surface area contributed by atoms with Crippen molar-refractivity contribution in [2.24, 2.45) is 5.84 Å². The standard InChI is InChI=1S/C12H17ClN2O2/c1-16-11-7-8(4-5-9(11)13)12(15-14)10-3-2-6-17-10/h4-5,7,10,12,15H,2-3,6,14H2,1H3. The summed E-state index contributed by atoms with van der Waals surface area (Å²) in [7, 11) is 1.60. The lowest BCUT2D eigenvalue weighted by atomic mass is 10.00. The largest absolute Gasteiger partial charge is 0.495 e. The summed E-state index contributed by atoms with van der Waals surface area (Å²) < 4.78 is 10.8. The third-order valence-corrected chi connectivity index (χ3v) is 3.36. The molecule has 1 aliphatic rings. The van der Waals surface area contributed by atoms with E-state index in [1.807, 2.05) is 18.2 Å². The Morgan fingerprint density at radius 2 is 2.41 bits per heavy atom. The number of benzene rings is 1. The van der Waals surface area contributed by atoms with Crippen LogP contribution in [0.2, 0.25) is 5.02 Å². The molecule has 0 spiro atoms. The number of methoxy groups -OCH3 is 1. The number of hydrogen-bond donors (Lipinski definition) is 2. The van der Waals surface area contributed by atoms with Crippen LogP contribution in [0.5, 0.6) is 5.75 Å². The van der Waals surface area contributed by atoms with E-state index in [0.717, 1.165) is 25.0 Å². The number of nitrogens with two attached hydrogens (primary N) is 1. The van der Waals surface area contributed by atoms with Gasteiger partial charge in [0.2, 0.25) is 0 Å². The predicted octanol–water partition coefficient (Wildman–Crippen LogP) is 2.03. The first kappa shape index (κ1) is 12.6. The molecule has 0 aromatic heterocycles. The lowest BCUT2D eigenvalue weighted by molar-refractivity contribution is 0.0783. The fourth-order valence-corrected chi connectivity index (χ4v) is 2.35. The van der Waals surface area contributed by atoms with E-state index in [1.54, 1.807) is 7.11 Å². The average molecular weight is 257 g/mol. The molecule has 1 aliphatic heterocycles. The van der Waals surface area contributed by atoms with E-state index in [0.29, 0.717) is 10.8 Å². The van der Waals surface area contributed by atoms with Gasteiger partial charge in [-0.2, -0.15) is 0 Å². The number of ether oxygens (including phenoxy) is 2. The summed E-state index contributed by atoms with van der Waals surface area (Å²) in [5.74, 6) is 6.27. The van der Waals surface area contributed by atoms with Crippen LogP contribution >= 0.6 is 11.6 Å². The highest BCUT2D eigenvalue weighted by Gasteiger charge is 2.26. The fourth-order valence-electron chi connectivity index (χ4n) is 2.15. The Morgan fingerprint density at radius 3 is 3.00 bits per heavy atom. The lowest BCUT2D eigenvalue weighted by Gasteiger charge is -2.23. The zero-order valence-electron chi connectivity index (χ0n) is 9.78. The Bertz CT molecular complexity index is 381. The van der Waals surface area contributed by atoms with Crippen LogP contribution in [0.25, 0.3) is 0 Å². The molecule has 0 radical (unpaired) electrons. The molecule has 17 heavy (non-hydrogen) atoms. The summed E-state index contributed by atoms with van der Waals surface area (Å²) in [6, 6.07) is 5.63. The second kappa shape index (κ2) is 5.69. The molecule has 2 atom stereocenters. The molecule has 94 valence electrons. The molecule has 2 unspecified atom stereocenters. The van der Waals surface area contributed by atoms with Crippen LogP contribution in [0, 0.1) is 0 Å². The highest BCUT2D eigenvalue weighted by Crippen LogP contribution is 2.31. The molecule has 1 aromatic carbocycles. The van der Waals surface area contributed by atoms with Crippen LogP contribution in [0.3, 0.4) is 0 Å². The van der Waals surface area contributed by atoms with Gasteiger partial charge in [0.25, 0.3) is 0 Å². The molecule has 1 fully saturated rings. The average Bonchev–Trinajstić information content (AvgIpc) is 2.86. The van der Waals surface area contributed by atoms with Gasteiger partial charge in [0.15, 0.2) is 0 Å². The minimum absolute atomic E-state index is 0.0244. The Hall–Kier alpha value is -0.810. The van der Waals surface area contributed by atoms with Crippen molar-refractivity contribution >= 4 is 11.6 Å². The third-order valence-electron chi connectivity index (χ3n) is 3.05.